The van der Waals surface area contributed by atoms with Crippen LogP contribution in [0.1, 0.15) is 36.6 Å². The average molecular weight is 438 g/mol. The van der Waals surface area contributed by atoms with E-state index in [1.165, 1.54) is 4.90 Å². The number of rotatable bonds is 8. The molecule has 1 aliphatic heterocycles. The fourth-order valence-corrected chi connectivity index (χ4v) is 3.67. The molecule has 2 heterocycles. The minimum Gasteiger partial charge on any atom is -0.507 e. The Kier molecular flexibility index (Phi) is 7.30. The average Bonchev–Trinajstić information content (AvgIpc) is 3.01. The van der Waals surface area contributed by atoms with Crippen LogP contribution in [-0.2, 0) is 9.59 Å². The first-order valence-electron chi connectivity index (χ1n) is 10.8. The van der Waals surface area contributed by atoms with E-state index in [4.69, 9.17) is 4.74 Å². The molecule has 1 N–H and O–H groups in total. The number of pyridine rings is 1. The van der Waals surface area contributed by atoms with Crippen molar-refractivity contribution in [1.29, 1.82) is 0 Å². The van der Waals surface area contributed by atoms with E-state index in [1.54, 1.807) is 36.7 Å². The van der Waals surface area contributed by atoms with Gasteiger partial charge in [-0.2, -0.15) is 0 Å². The highest BCUT2D eigenvalue weighted by molar-refractivity contribution is 6.46. The number of carbonyl (C=O) groups is 2. The summed E-state index contributed by atoms with van der Waals surface area (Å²) in [6.45, 7) is 7.57. The van der Waals surface area contributed by atoms with Gasteiger partial charge in [-0.3, -0.25) is 14.6 Å². The molecule has 1 saturated heterocycles. The lowest BCUT2D eigenvalue weighted by molar-refractivity contribution is -0.140. The predicted molar refractivity (Wildman–Crippen MR) is 123 cm³/mol. The van der Waals surface area contributed by atoms with Crippen LogP contribution >= 0.6 is 0 Å². The van der Waals surface area contributed by atoms with Gasteiger partial charge in [-0.1, -0.05) is 19.9 Å². The molecule has 2 aromatic rings. The zero-order valence-electron chi connectivity index (χ0n) is 19.3. The number of ketones is 1. The van der Waals surface area contributed by atoms with Crippen LogP contribution in [0, 0.1) is 12.8 Å². The summed E-state index contributed by atoms with van der Waals surface area (Å²) in [6, 6.07) is 8.15. The third-order valence-electron chi connectivity index (χ3n) is 5.35. The summed E-state index contributed by atoms with van der Waals surface area (Å²) in [5.74, 6) is -0.377. The Morgan fingerprint density at radius 1 is 1.25 bits per heavy atom. The Morgan fingerprint density at radius 2 is 2.00 bits per heavy atom. The number of aromatic nitrogens is 1. The van der Waals surface area contributed by atoms with Gasteiger partial charge in [0.2, 0.25) is 0 Å². The molecule has 7 heteroatoms. The summed E-state index contributed by atoms with van der Waals surface area (Å²) in [4.78, 5) is 33.5. The number of likely N-dealkylation sites (N-methyl/N-ethyl adjacent to an activating group) is 1. The number of amides is 1. The number of nitrogens with zero attached hydrogens (tertiary/aromatic N) is 3. The van der Waals surface area contributed by atoms with Crippen molar-refractivity contribution in [2.45, 2.75) is 26.8 Å². The number of Topliss-reactive ketones (excluding diaryl/α,β-unsaturated/α-hetero) is 1. The molecule has 1 aromatic carbocycles. The standard InChI is InChI=1S/C25H31N3O4/c1-16(2)15-32-20-9-8-18(13-17(20)3)23(29)21-22(19-7-6-10-26-14-19)28(12-11-27(4)5)25(31)24(21)30/h6-10,13-14,16,22,29H,11-12,15H2,1-5H3. The monoisotopic (exact) mass is 437 g/mol. The van der Waals surface area contributed by atoms with Gasteiger partial charge in [-0.25, -0.2) is 0 Å². The first-order valence-corrected chi connectivity index (χ1v) is 10.8. The second kappa shape index (κ2) is 9.96. The molecule has 0 spiro atoms. The molecule has 1 amide bonds. The number of benzene rings is 1. The van der Waals surface area contributed by atoms with Gasteiger partial charge in [0, 0.05) is 31.0 Å². The Labute approximate surface area is 189 Å². The highest BCUT2D eigenvalue weighted by atomic mass is 16.5. The molecule has 3 rings (SSSR count). The maximum atomic E-state index is 13.0. The molecule has 7 nitrogen and oxygen atoms in total. The molecule has 32 heavy (non-hydrogen) atoms. The quantitative estimate of drug-likeness (QED) is 0.387. The van der Waals surface area contributed by atoms with Gasteiger partial charge in [-0.05, 0) is 62.3 Å². The summed E-state index contributed by atoms with van der Waals surface area (Å²) >= 11 is 0. The van der Waals surface area contributed by atoms with E-state index >= 15 is 0 Å². The van der Waals surface area contributed by atoms with E-state index in [2.05, 4.69) is 18.8 Å². The van der Waals surface area contributed by atoms with E-state index in [0.29, 0.717) is 36.7 Å². The van der Waals surface area contributed by atoms with Gasteiger partial charge in [0.05, 0.1) is 18.2 Å². The first-order chi connectivity index (χ1) is 15.2. The number of hydrogen-bond donors (Lipinski definition) is 1. The second-order valence-corrected chi connectivity index (χ2v) is 8.77. The molecule has 1 unspecified atom stereocenters. The van der Waals surface area contributed by atoms with Gasteiger partial charge < -0.3 is 19.6 Å². The lowest BCUT2D eigenvalue weighted by Crippen LogP contribution is -2.35. The highest BCUT2D eigenvalue weighted by Crippen LogP contribution is 2.39. The SMILES string of the molecule is Cc1cc(C(O)=C2C(=O)C(=O)N(CCN(C)C)C2c2cccnc2)ccc1OCC(C)C. The van der Waals surface area contributed by atoms with Crippen LogP contribution in [0.4, 0.5) is 0 Å². The Morgan fingerprint density at radius 3 is 2.59 bits per heavy atom. The van der Waals surface area contributed by atoms with Crippen LogP contribution in [0.3, 0.4) is 0 Å². The Hall–Kier alpha value is -3.19. The van der Waals surface area contributed by atoms with Crippen molar-refractivity contribution in [3.05, 3.63) is 65.0 Å². The molecular formula is C25H31N3O4. The summed E-state index contributed by atoms with van der Waals surface area (Å²) in [5, 5.41) is 11.2. The van der Waals surface area contributed by atoms with E-state index in [1.807, 2.05) is 32.0 Å². The lowest BCUT2D eigenvalue weighted by Gasteiger charge is -2.26. The molecule has 0 bridgehead atoms. The smallest absolute Gasteiger partial charge is 0.295 e. The number of carbonyl (C=O) groups excluding carboxylic acids is 2. The number of likely N-dealkylation sites (tertiary alicyclic amines) is 1. The summed E-state index contributed by atoms with van der Waals surface area (Å²) < 4.78 is 5.82. The number of aliphatic hydroxyl groups is 1. The van der Waals surface area contributed by atoms with Crippen molar-refractivity contribution in [2.75, 3.05) is 33.8 Å². The molecule has 1 atom stereocenters. The van der Waals surface area contributed by atoms with E-state index < -0.39 is 17.7 Å². The van der Waals surface area contributed by atoms with Gasteiger partial charge in [-0.15, -0.1) is 0 Å². The summed E-state index contributed by atoms with van der Waals surface area (Å²) in [7, 11) is 3.81. The third-order valence-corrected chi connectivity index (χ3v) is 5.35. The molecule has 0 saturated carbocycles. The molecule has 1 aromatic heterocycles. The lowest BCUT2D eigenvalue weighted by atomic mass is 9.95. The zero-order valence-corrected chi connectivity index (χ0v) is 19.3. The van der Waals surface area contributed by atoms with Gasteiger partial charge in [0.15, 0.2) is 0 Å². The molecule has 1 fully saturated rings. The van der Waals surface area contributed by atoms with Crippen molar-refractivity contribution in [3.8, 4) is 5.75 Å². The van der Waals surface area contributed by atoms with E-state index in [0.717, 1.165) is 11.3 Å². The van der Waals surface area contributed by atoms with Crippen LogP contribution in [-0.4, -0.2) is 65.4 Å². The Balaban J connectivity index is 2.05. The summed E-state index contributed by atoms with van der Waals surface area (Å²) in [6.07, 6.45) is 3.26. The topological polar surface area (TPSA) is 83.0 Å². The van der Waals surface area contributed by atoms with Crippen molar-refractivity contribution in [3.63, 3.8) is 0 Å². The van der Waals surface area contributed by atoms with Gasteiger partial charge in [0.25, 0.3) is 11.7 Å². The summed E-state index contributed by atoms with van der Waals surface area (Å²) in [5.41, 5.74) is 2.07. The van der Waals surface area contributed by atoms with Crippen molar-refractivity contribution >= 4 is 17.4 Å². The maximum Gasteiger partial charge on any atom is 0.295 e. The molecular weight excluding hydrogens is 406 g/mol. The van der Waals surface area contributed by atoms with Crippen molar-refractivity contribution in [1.82, 2.24) is 14.8 Å². The number of aryl methyl sites for hydroxylation is 1. The van der Waals surface area contributed by atoms with Crippen LogP contribution in [0.5, 0.6) is 5.75 Å². The number of hydrogen-bond acceptors (Lipinski definition) is 6. The molecule has 170 valence electrons. The number of ether oxygens (including phenoxy) is 1. The van der Waals surface area contributed by atoms with Crippen LogP contribution in [0.15, 0.2) is 48.3 Å². The van der Waals surface area contributed by atoms with Gasteiger partial charge in [0.1, 0.15) is 11.5 Å². The van der Waals surface area contributed by atoms with Crippen LogP contribution in [0.2, 0.25) is 0 Å². The second-order valence-electron chi connectivity index (χ2n) is 8.77. The minimum atomic E-state index is -0.694. The fraction of sp³-hybridized carbons (Fsp3) is 0.400. The molecule has 0 aliphatic carbocycles. The molecule has 1 aliphatic rings. The third kappa shape index (κ3) is 4.99. The largest absolute Gasteiger partial charge is 0.507 e. The normalized spacial score (nSPS) is 18.1. The Bertz CT molecular complexity index is 1020. The van der Waals surface area contributed by atoms with Gasteiger partial charge >= 0.3 is 0 Å². The van der Waals surface area contributed by atoms with Crippen molar-refractivity contribution < 1.29 is 19.4 Å². The maximum absolute atomic E-state index is 13.0. The first kappa shape index (κ1) is 23.5. The van der Waals surface area contributed by atoms with E-state index in [-0.39, 0.29) is 11.3 Å². The van der Waals surface area contributed by atoms with Crippen molar-refractivity contribution in [2.24, 2.45) is 5.92 Å². The zero-order chi connectivity index (χ0) is 23.4. The van der Waals surface area contributed by atoms with Crippen LogP contribution < -0.4 is 4.74 Å². The van der Waals surface area contributed by atoms with Crippen LogP contribution in [0.25, 0.3) is 5.76 Å². The fourth-order valence-electron chi connectivity index (χ4n) is 3.67. The molecule has 0 radical (unpaired) electrons. The van der Waals surface area contributed by atoms with E-state index in [9.17, 15) is 14.7 Å². The highest BCUT2D eigenvalue weighted by Gasteiger charge is 2.46. The number of aliphatic hydroxyl groups excluding tert-OH is 1. The predicted octanol–water partition coefficient (Wildman–Crippen LogP) is 3.41. The minimum absolute atomic E-state index is 0.0806.